The van der Waals surface area contributed by atoms with Gasteiger partial charge in [0.1, 0.15) is 5.52 Å². The molecule has 1 aliphatic rings. The lowest BCUT2D eigenvalue weighted by molar-refractivity contribution is 0.742. The molecule has 3 aromatic rings. The van der Waals surface area contributed by atoms with Crippen LogP contribution < -0.4 is 5.73 Å². The molecule has 100 valence electrons. The number of anilines is 1. The van der Waals surface area contributed by atoms with Crippen molar-refractivity contribution in [2.75, 3.05) is 5.73 Å². The van der Waals surface area contributed by atoms with E-state index in [4.69, 9.17) is 5.73 Å². The van der Waals surface area contributed by atoms with E-state index in [1.165, 1.54) is 5.56 Å². The van der Waals surface area contributed by atoms with Gasteiger partial charge in [0.05, 0.1) is 0 Å². The van der Waals surface area contributed by atoms with E-state index in [0.29, 0.717) is 17.9 Å². The Balaban J connectivity index is 1.77. The van der Waals surface area contributed by atoms with Crippen molar-refractivity contribution < 1.29 is 0 Å². The molecule has 4 heteroatoms. The van der Waals surface area contributed by atoms with Gasteiger partial charge >= 0.3 is 0 Å². The lowest BCUT2D eigenvalue weighted by atomic mass is 10.1. The normalized spacial score (nSPS) is 21.2. The third-order valence-electron chi connectivity index (χ3n) is 4.02. The van der Waals surface area contributed by atoms with Crippen molar-refractivity contribution in [3.8, 4) is 0 Å². The fourth-order valence-electron chi connectivity index (χ4n) is 2.94. The van der Waals surface area contributed by atoms with Crippen LogP contribution in [0.4, 0.5) is 5.95 Å². The molecule has 1 aliphatic carbocycles. The number of imidazole rings is 1. The van der Waals surface area contributed by atoms with Gasteiger partial charge in [-0.1, -0.05) is 30.3 Å². The highest BCUT2D eigenvalue weighted by Crippen LogP contribution is 2.53. The number of aryl methyl sites for hydroxylation is 1. The summed E-state index contributed by atoms with van der Waals surface area (Å²) in [6, 6.07) is 14.9. The van der Waals surface area contributed by atoms with Crippen LogP contribution in [0.1, 0.15) is 29.6 Å². The molecule has 20 heavy (non-hydrogen) atoms. The van der Waals surface area contributed by atoms with Crippen LogP contribution >= 0.6 is 0 Å². The lowest BCUT2D eigenvalue weighted by Gasteiger charge is -2.06. The highest BCUT2D eigenvalue weighted by Gasteiger charge is 2.41. The molecule has 0 radical (unpaired) electrons. The van der Waals surface area contributed by atoms with Gasteiger partial charge < -0.3 is 5.73 Å². The Hall–Kier alpha value is -2.36. The standard InChI is InChI=1S/C16H16N4/c1-10-7-8-13-15(18-10)20(16(17)19-13)14-9-12(14)11-5-3-2-4-6-11/h2-8,12,14H,9H2,1H3,(H2,17,19). The maximum atomic E-state index is 6.10. The van der Waals surface area contributed by atoms with Crippen LogP contribution in [0.2, 0.25) is 0 Å². The van der Waals surface area contributed by atoms with E-state index in [-0.39, 0.29) is 0 Å². The van der Waals surface area contributed by atoms with E-state index in [1.807, 2.05) is 25.1 Å². The van der Waals surface area contributed by atoms with Crippen molar-refractivity contribution in [1.82, 2.24) is 14.5 Å². The predicted molar refractivity (Wildman–Crippen MR) is 79.5 cm³/mol. The summed E-state index contributed by atoms with van der Waals surface area (Å²) in [6.45, 7) is 1.99. The van der Waals surface area contributed by atoms with Gasteiger partial charge in [0, 0.05) is 17.7 Å². The molecule has 2 atom stereocenters. The number of benzene rings is 1. The van der Waals surface area contributed by atoms with E-state index in [9.17, 15) is 0 Å². The summed E-state index contributed by atoms with van der Waals surface area (Å²) in [5.74, 6) is 1.10. The molecule has 4 rings (SSSR count). The molecular formula is C16H16N4. The maximum absolute atomic E-state index is 6.10. The van der Waals surface area contributed by atoms with Crippen molar-refractivity contribution in [2.24, 2.45) is 0 Å². The molecule has 2 heterocycles. The van der Waals surface area contributed by atoms with Gasteiger partial charge in [-0.2, -0.15) is 0 Å². The zero-order chi connectivity index (χ0) is 13.7. The fourth-order valence-corrected chi connectivity index (χ4v) is 2.94. The highest BCUT2D eigenvalue weighted by atomic mass is 15.2. The summed E-state index contributed by atoms with van der Waals surface area (Å²) in [7, 11) is 0. The molecule has 0 bridgehead atoms. The number of nitrogens with two attached hydrogens (primary N) is 1. The molecule has 2 aromatic heterocycles. The molecule has 0 amide bonds. The van der Waals surface area contributed by atoms with Gasteiger partial charge in [-0.3, -0.25) is 4.57 Å². The zero-order valence-corrected chi connectivity index (χ0v) is 11.3. The van der Waals surface area contributed by atoms with Crippen LogP contribution in [-0.2, 0) is 0 Å². The Labute approximate surface area is 117 Å². The van der Waals surface area contributed by atoms with Crippen molar-refractivity contribution in [1.29, 1.82) is 0 Å². The van der Waals surface area contributed by atoms with Crippen LogP contribution in [-0.4, -0.2) is 14.5 Å². The van der Waals surface area contributed by atoms with E-state index >= 15 is 0 Å². The minimum absolute atomic E-state index is 0.386. The van der Waals surface area contributed by atoms with Gasteiger partial charge in [-0.05, 0) is 31.0 Å². The Bertz CT molecular complexity index is 776. The second-order valence-electron chi connectivity index (χ2n) is 5.46. The Morgan fingerprint density at radius 3 is 2.70 bits per heavy atom. The average molecular weight is 264 g/mol. The Kier molecular flexibility index (Phi) is 2.33. The summed E-state index contributed by atoms with van der Waals surface area (Å²) >= 11 is 0. The second kappa shape index (κ2) is 4.07. The first-order valence-corrected chi connectivity index (χ1v) is 6.90. The largest absolute Gasteiger partial charge is 0.369 e. The predicted octanol–water partition coefficient (Wildman–Crippen LogP) is 3.05. The topological polar surface area (TPSA) is 56.7 Å². The first kappa shape index (κ1) is 11.5. The van der Waals surface area contributed by atoms with Crippen molar-refractivity contribution in [2.45, 2.75) is 25.3 Å². The smallest absolute Gasteiger partial charge is 0.202 e. The Morgan fingerprint density at radius 1 is 1.10 bits per heavy atom. The number of pyridine rings is 1. The first-order chi connectivity index (χ1) is 9.74. The van der Waals surface area contributed by atoms with E-state index in [2.05, 4.69) is 38.8 Å². The quantitative estimate of drug-likeness (QED) is 0.774. The van der Waals surface area contributed by atoms with E-state index in [1.54, 1.807) is 0 Å². The van der Waals surface area contributed by atoms with Crippen molar-refractivity contribution >= 4 is 17.1 Å². The number of fused-ring (bicyclic) bond motifs is 1. The van der Waals surface area contributed by atoms with Gasteiger partial charge in [0.15, 0.2) is 5.65 Å². The zero-order valence-electron chi connectivity index (χ0n) is 11.3. The number of rotatable bonds is 2. The molecule has 2 unspecified atom stereocenters. The lowest BCUT2D eigenvalue weighted by Crippen LogP contribution is -2.03. The van der Waals surface area contributed by atoms with Crippen LogP contribution in [0.25, 0.3) is 11.2 Å². The van der Waals surface area contributed by atoms with E-state index in [0.717, 1.165) is 23.3 Å². The van der Waals surface area contributed by atoms with Gasteiger partial charge in [0.2, 0.25) is 5.95 Å². The monoisotopic (exact) mass is 264 g/mol. The second-order valence-corrected chi connectivity index (χ2v) is 5.46. The van der Waals surface area contributed by atoms with Gasteiger partial charge in [0.25, 0.3) is 0 Å². The highest BCUT2D eigenvalue weighted by molar-refractivity contribution is 5.75. The van der Waals surface area contributed by atoms with Crippen LogP contribution in [0.5, 0.6) is 0 Å². The van der Waals surface area contributed by atoms with Gasteiger partial charge in [-0.25, -0.2) is 9.97 Å². The SMILES string of the molecule is Cc1ccc2nc(N)n(C3CC3c3ccccc3)c2n1. The minimum atomic E-state index is 0.386. The molecule has 4 nitrogen and oxygen atoms in total. The molecule has 0 spiro atoms. The van der Waals surface area contributed by atoms with Crippen LogP contribution in [0.3, 0.4) is 0 Å². The summed E-state index contributed by atoms with van der Waals surface area (Å²) < 4.78 is 2.10. The molecule has 1 saturated carbocycles. The Morgan fingerprint density at radius 2 is 1.90 bits per heavy atom. The summed E-state index contributed by atoms with van der Waals surface area (Å²) in [5.41, 5.74) is 10.2. The average Bonchev–Trinajstić information content (AvgIpc) is 3.17. The van der Waals surface area contributed by atoms with Crippen molar-refractivity contribution in [3.63, 3.8) is 0 Å². The molecular weight excluding hydrogens is 248 g/mol. The van der Waals surface area contributed by atoms with E-state index < -0.39 is 0 Å². The number of hydrogen-bond acceptors (Lipinski definition) is 3. The summed E-state index contributed by atoms with van der Waals surface area (Å²) in [5, 5.41) is 0. The van der Waals surface area contributed by atoms with Crippen LogP contribution in [0, 0.1) is 6.92 Å². The number of hydrogen-bond donors (Lipinski definition) is 1. The number of nitrogen functional groups attached to an aromatic ring is 1. The first-order valence-electron chi connectivity index (χ1n) is 6.90. The fraction of sp³-hybridized carbons (Fsp3) is 0.250. The maximum Gasteiger partial charge on any atom is 0.202 e. The molecule has 1 aromatic carbocycles. The molecule has 1 fully saturated rings. The molecule has 2 N–H and O–H groups in total. The summed E-state index contributed by atoms with van der Waals surface area (Å²) in [6.07, 6.45) is 1.11. The van der Waals surface area contributed by atoms with Crippen molar-refractivity contribution in [3.05, 3.63) is 53.7 Å². The minimum Gasteiger partial charge on any atom is -0.369 e. The van der Waals surface area contributed by atoms with Gasteiger partial charge in [-0.15, -0.1) is 0 Å². The molecule has 0 saturated heterocycles. The van der Waals surface area contributed by atoms with Crippen LogP contribution in [0.15, 0.2) is 42.5 Å². The third-order valence-corrected chi connectivity index (χ3v) is 4.02. The number of nitrogens with zero attached hydrogens (tertiary/aromatic N) is 3. The summed E-state index contributed by atoms with van der Waals surface area (Å²) in [4.78, 5) is 9.03. The third kappa shape index (κ3) is 1.68. The molecule has 0 aliphatic heterocycles. The number of aromatic nitrogens is 3.